The zero-order valence-electron chi connectivity index (χ0n) is 8.88. The predicted octanol–water partition coefficient (Wildman–Crippen LogP) is 2.14. The molecule has 0 atom stereocenters. The summed E-state index contributed by atoms with van der Waals surface area (Å²) in [5.74, 6) is 0.0775. The molecule has 82 valence electrons. The molecule has 0 aliphatic rings. The number of nitrogens with two attached hydrogens (primary N) is 1. The van der Waals surface area contributed by atoms with Crippen LogP contribution in [0.15, 0.2) is 47.1 Å². The van der Waals surface area contributed by atoms with E-state index in [4.69, 9.17) is 10.2 Å². The number of nitrogen functional groups attached to an aromatic ring is 1. The summed E-state index contributed by atoms with van der Waals surface area (Å²) < 4.78 is 5.05. The lowest BCUT2D eigenvalue weighted by Crippen LogP contribution is -2.26. The zero-order chi connectivity index (χ0) is 11.5. The molecule has 0 saturated carbocycles. The summed E-state index contributed by atoms with van der Waals surface area (Å²) in [5, 5.41) is 0. The molecule has 2 aromatic rings. The van der Waals surface area contributed by atoms with Gasteiger partial charge in [-0.2, -0.15) is 0 Å². The van der Waals surface area contributed by atoms with E-state index in [0.717, 1.165) is 0 Å². The van der Waals surface area contributed by atoms with Gasteiger partial charge in [-0.15, -0.1) is 0 Å². The van der Waals surface area contributed by atoms with E-state index in [9.17, 15) is 4.79 Å². The van der Waals surface area contributed by atoms with Crippen LogP contribution >= 0.6 is 0 Å². The molecule has 4 heteroatoms. The Balaban J connectivity index is 2.30. The first-order valence-corrected chi connectivity index (χ1v) is 4.86. The molecule has 1 aromatic heterocycles. The normalized spacial score (nSPS) is 10.1. The lowest BCUT2D eigenvalue weighted by molar-refractivity contribution is 0.0966. The number of para-hydroxylation sites is 2. The molecule has 1 amide bonds. The summed E-state index contributed by atoms with van der Waals surface area (Å²) in [5.41, 5.74) is 7.02. The number of hydrogen-bond donors (Lipinski definition) is 1. The number of benzene rings is 1. The van der Waals surface area contributed by atoms with E-state index >= 15 is 0 Å². The van der Waals surface area contributed by atoms with Crippen LogP contribution in [0.1, 0.15) is 10.6 Å². The van der Waals surface area contributed by atoms with Crippen LogP contribution in [0.2, 0.25) is 0 Å². The van der Waals surface area contributed by atoms with Crippen LogP contribution in [0, 0.1) is 0 Å². The molecule has 2 N–H and O–H groups in total. The van der Waals surface area contributed by atoms with Gasteiger partial charge in [0.1, 0.15) is 0 Å². The third-order valence-electron chi connectivity index (χ3n) is 2.33. The molecule has 0 fully saturated rings. The highest BCUT2D eigenvalue weighted by Gasteiger charge is 2.17. The third-order valence-corrected chi connectivity index (χ3v) is 2.33. The first kappa shape index (κ1) is 10.3. The average Bonchev–Trinajstić information content (AvgIpc) is 2.81. The Kier molecular flexibility index (Phi) is 2.64. The van der Waals surface area contributed by atoms with Crippen LogP contribution in [0.5, 0.6) is 0 Å². The van der Waals surface area contributed by atoms with Crippen LogP contribution in [-0.4, -0.2) is 13.0 Å². The molecule has 0 bridgehead atoms. The summed E-state index contributed by atoms with van der Waals surface area (Å²) in [6.07, 6.45) is 1.47. The standard InChI is InChI=1S/C12H12N2O2/c1-14(10-6-3-2-5-9(10)13)12(15)11-7-4-8-16-11/h2-8H,13H2,1H3. The van der Waals surface area contributed by atoms with E-state index in [-0.39, 0.29) is 5.91 Å². The van der Waals surface area contributed by atoms with E-state index in [1.807, 2.05) is 12.1 Å². The van der Waals surface area contributed by atoms with Gasteiger partial charge in [0, 0.05) is 7.05 Å². The van der Waals surface area contributed by atoms with Crippen molar-refractivity contribution in [2.24, 2.45) is 0 Å². The molecular weight excluding hydrogens is 204 g/mol. The minimum Gasteiger partial charge on any atom is -0.459 e. The molecule has 1 heterocycles. The van der Waals surface area contributed by atoms with Crippen molar-refractivity contribution in [2.75, 3.05) is 17.7 Å². The van der Waals surface area contributed by atoms with Crippen molar-refractivity contribution in [3.63, 3.8) is 0 Å². The number of hydrogen-bond acceptors (Lipinski definition) is 3. The molecule has 0 spiro atoms. The maximum absolute atomic E-state index is 11.9. The molecule has 0 aliphatic heterocycles. The molecule has 16 heavy (non-hydrogen) atoms. The number of furan rings is 1. The fourth-order valence-electron chi connectivity index (χ4n) is 1.47. The first-order chi connectivity index (χ1) is 7.70. The topological polar surface area (TPSA) is 59.5 Å². The van der Waals surface area contributed by atoms with Crippen molar-refractivity contribution in [1.29, 1.82) is 0 Å². The smallest absolute Gasteiger partial charge is 0.293 e. The number of anilines is 2. The quantitative estimate of drug-likeness (QED) is 0.782. The van der Waals surface area contributed by atoms with Crippen LogP contribution in [0.4, 0.5) is 11.4 Å². The largest absolute Gasteiger partial charge is 0.459 e. The summed E-state index contributed by atoms with van der Waals surface area (Å²) >= 11 is 0. The van der Waals surface area contributed by atoms with E-state index in [2.05, 4.69) is 0 Å². The zero-order valence-corrected chi connectivity index (χ0v) is 8.88. The van der Waals surface area contributed by atoms with Crippen molar-refractivity contribution in [2.45, 2.75) is 0 Å². The van der Waals surface area contributed by atoms with Crippen molar-refractivity contribution in [1.82, 2.24) is 0 Å². The molecule has 0 unspecified atom stereocenters. The van der Waals surface area contributed by atoms with Crippen molar-refractivity contribution in [3.05, 3.63) is 48.4 Å². The minimum atomic E-state index is -0.220. The molecule has 0 saturated heterocycles. The van der Waals surface area contributed by atoms with Crippen molar-refractivity contribution >= 4 is 17.3 Å². The van der Waals surface area contributed by atoms with Crippen LogP contribution in [0.3, 0.4) is 0 Å². The van der Waals surface area contributed by atoms with Gasteiger partial charge in [-0.25, -0.2) is 0 Å². The van der Waals surface area contributed by atoms with Gasteiger partial charge in [0.15, 0.2) is 5.76 Å². The van der Waals surface area contributed by atoms with E-state index in [1.165, 1.54) is 11.2 Å². The number of nitrogens with zero attached hydrogens (tertiary/aromatic N) is 1. The van der Waals surface area contributed by atoms with Crippen LogP contribution in [0.25, 0.3) is 0 Å². The van der Waals surface area contributed by atoms with E-state index in [0.29, 0.717) is 17.1 Å². The molecule has 1 aromatic carbocycles. The van der Waals surface area contributed by atoms with Crippen molar-refractivity contribution < 1.29 is 9.21 Å². The third kappa shape index (κ3) is 1.77. The SMILES string of the molecule is CN(C(=O)c1ccco1)c1ccccc1N. The number of rotatable bonds is 2. The fraction of sp³-hybridized carbons (Fsp3) is 0.0833. The summed E-state index contributed by atoms with van der Waals surface area (Å²) in [7, 11) is 1.66. The Bertz CT molecular complexity index is 491. The first-order valence-electron chi connectivity index (χ1n) is 4.86. The summed E-state index contributed by atoms with van der Waals surface area (Å²) in [6.45, 7) is 0. The van der Waals surface area contributed by atoms with E-state index < -0.39 is 0 Å². The number of amides is 1. The monoisotopic (exact) mass is 216 g/mol. The molecule has 0 aliphatic carbocycles. The average molecular weight is 216 g/mol. The molecular formula is C12H12N2O2. The number of carbonyl (C=O) groups excluding carboxylic acids is 1. The van der Waals surface area contributed by atoms with Crippen molar-refractivity contribution in [3.8, 4) is 0 Å². The van der Waals surface area contributed by atoms with Gasteiger partial charge in [0.05, 0.1) is 17.6 Å². The Morgan fingerprint density at radius 3 is 2.62 bits per heavy atom. The lowest BCUT2D eigenvalue weighted by atomic mass is 10.2. The lowest BCUT2D eigenvalue weighted by Gasteiger charge is -2.17. The fourth-order valence-corrected chi connectivity index (χ4v) is 1.47. The van der Waals surface area contributed by atoms with Gasteiger partial charge in [0.25, 0.3) is 5.91 Å². The maximum Gasteiger partial charge on any atom is 0.293 e. The summed E-state index contributed by atoms with van der Waals surface area (Å²) in [4.78, 5) is 13.4. The second-order valence-corrected chi connectivity index (χ2v) is 3.40. The van der Waals surface area contributed by atoms with Crippen LogP contribution in [-0.2, 0) is 0 Å². The highest BCUT2D eigenvalue weighted by Crippen LogP contribution is 2.22. The Morgan fingerprint density at radius 2 is 2.00 bits per heavy atom. The van der Waals surface area contributed by atoms with Gasteiger partial charge >= 0.3 is 0 Å². The maximum atomic E-state index is 11.9. The molecule has 2 rings (SSSR count). The van der Waals surface area contributed by atoms with Gasteiger partial charge in [-0.05, 0) is 24.3 Å². The van der Waals surface area contributed by atoms with Crippen LogP contribution < -0.4 is 10.6 Å². The predicted molar refractivity (Wildman–Crippen MR) is 62.3 cm³/mol. The van der Waals surface area contributed by atoms with Gasteiger partial charge in [-0.1, -0.05) is 12.1 Å². The second-order valence-electron chi connectivity index (χ2n) is 3.40. The van der Waals surface area contributed by atoms with Gasteiger partial charge < -0.3 is 15.1 Å². The minimum absolute atomic E-state index is 0.220. The van der Waals surface area contributed by atoms with Gasteiger partial charge in [-0.3, -0.25) is 4.79 Å². The Labute approximate surface area is 93.3 Å². The summed E-state index contributed by atoms with van der Waals surface area (Å²) in [6, 6.07) is 10.5. The Hall–Kier alpha value is -2.23. The second kappa shape index (κ2) is 4.10. The molecule has 0 radical (unpaired) electrons. The Morgan fingerprint density at radius 1 is 1.25 bits per heavy atom. The number of carbonyl (C=O) groups is 1. The van der Waals surface area contributed by atoms with Gasteiger partial charge in [0.2, 0.25) is 0 Å². The van der Waals surface area contributed by atoms with E-state index in [1.54, 1.807) is 31.3 Å². The highest BCUT2D eigenvalue weighted by atomic mass is 16.3. The molecule has 4 nitrogen and oxygen atoms in total. The highest BCUT2D eigenvalue weighted by molar-refractivity contribution is 6.05.